The van der Waals surface area contributed by atoms with Crippen molar-refractivity contribution >= 4 is 57.6 Å². The summed E-state index contributed by atoms with van der Waals surface area (Å²) in [5.74, 6) is -0.0305. The third-order valence-corrected chi connectivity index (χ3v) is 10.5. The molecule has 1 atom stereocenters. The number of fused-ring (bicyclic) bond motifs is 1. The summed E-state index contributed by atoms with van der Waals surface area (Å²) in [6.07, 6.45) is 4.22. The maximum atomic E-state index is 13.5. The van der Waals surface area contributed by atoms with Gasteiger partial charge in [0.15, 0.2) is 0 Å². The summed E-state index contributed by atoms with van der Waals surface area (Å²) in [6, 6.07) is 35.7. The van der Waals surface area contributed by atoms with Crippen LogP contribution < -0.4 is 20.7 Å². The zero-order valence-corrected chi connectivity index (χ0v) is 28.9. The van der Waals surface area contributed by atoms with Gasteiger partial charge >= 0.3 is 0 Å². The standard InChI is InChI=1S/C40H34N4O4S2/c1-48-31-16-8-10-26(20-31)21-35(43-38(46)28-13-6-3-7-14-28)39(47)42-30-15-9-17-32(23-30)49-25-37(45)44-40-34(24-41)33-19-18-29(22-36(33)50-40)27-11-4-2-5-12-27/h2-17,20-21,23,29H,18-19,22,25H2,1H3,(H,42,47)(H,43,46)(H,44,45)/b35-21-. The van der Waals surface area contributed by atoms with E-state index >= 15 is 0 Å². The van der Waals surface area contributed by atoms with Gasteiger partial charge in [-0.25, -0.2) is 0 Å². The molecule has 0 fully saturated rings. The minimum Gasteiger partial charge on any atom is -0.497 e. The van der Waals surface area contributed by atoms with Gasteiger partial charge in [-0.3, -0.25) is 14.4 Å². The highest BCUT2D eigenvalue weighted by Gasteiger charge is 2.27. The first kappa shape index (κ1) is 34.2. The molecule has 6 rings (SSSR count). The van der Waals surface area contributed by atoms with Crippen LogP contribution in [0, 0.1) is 11.3 Å². The smallest absolute Gasteiger partial charge is 0.272 e. The van der Waals surface area contributed by atoms with Gasteiger partial charge in [-0.15, -0.1) is 23.1 Å². The van der Waals surface area contributed by atoms with E-state index in [1.807, 2.05) is 18.2 Å². The van der Waals surface area contributed by atoms with Gasteiger partial charge in [-0.05, 0) is 90.4 Å². The quantitative estimate of drug-likeness (QED) is 0.0949. The lowest BCUT2D eigenvalue weighted by Gasteiger charge is -2.22. The van der Waals surface area contributed by atoms with Crippen molar-refractivity contribution < 1.29 is 19.1 Å². The Hall–Kier alpha value is -5.63. The van der Waals surface area contributed by atoms with E-state index in [1.165, 1.54) is 28.7 Å². The summed E-state index contributed by atoms with van der Waals surface area (Å²) in [5.41, 5.74) is 4.54. The van der Waals surface area contributed by atoms with Crippen molar-refractivity contribution in [3.8, 4) is 11.8 Å². The minimum atomic E-state index is -0.516. The topological polar surface area (TPSA) is 120 Å². The van der Waals surface area contributed by atoms with Crippen molar-refractivity contribution in [3.05, 3.63) is 148 Å². The van der Waals surface area contributed by atoms with Crippen LogP contribution in [0.2, 0.25) is 0 Å². The molecule has 0 saturated carbocycles. The second-order valence-corrected chi connectivity index (χ2v) is 13.8. The molecular weight excluding hydrogens is 665 g/mol. The lowest BCUT2D eigenvalue weighted by atomic mass is 9.83. The van der Waals surface area contributed by atoms with Crippen LogP contribution in [-0.2, 0) is 22.4 Å². The van der Waals surface area contributed by atoms with Crippen LogP contribution in [0.1, 0.15) is 49.8 Å². The monoisotopic (exact) mass is 698 g/mol. The lowest BCUT2D eigenvalue weighted by Crippen LogP contribution is -2.30. The largest absolute Gasteiger partial charge is 0.497 e. The van der Waals surface area contributed by atoms with Crippen molar-refractivity contribution in [1.82, 2.24) is 5.32 Å². The third-order valence-electron chi connectivity index (χ3n) is 8.30. The van der Waals surface area contributed by atoms with Crippen LogP contribution in [-0.4, -0.2) is 30.6 Å². The zero-order valence-electron chi connectivity index (χ0n) is 27.3. The number of carbonyl (C=O) groups is 3. The number of amides is 3. The maximum Gasteiger partial charge on any atom is 0.272 e. The molecule has 1 aromatic heterocycles. The van der Waals surface area contributed by atoms with Crippen LogP contribution in [0.25, 0.3) is 6.08 Å². The molecule has 0 aliphatic heterocycles. The molecule has 3 N–H and O–H groups in total. The summed E-state index contributed by atoms with van der Waals surface area (Å²) >= 11 is 2.82. The van der Waals surface area contributed by atoms with E-state index in [0.29, 0.717) is 39.0 Å². The molecular formula is C40H34N4O4S2. The molecule has 50 heavy (non-hydrogen) atoms. The average Bonchev–Trinajstić information content (AvgIpc) is 3.50. The molecule has 5 aromatic rings. The number of nitrogens with zero attached hydrogens (tertiary/aromatic N) is 1. The van der Waals surface area contributed by atoms with E-state index < -0.39 is 11.8 Å². The molecule has 4 aromatic carbocycles. The third kappa shape index (κ3) is 8.50. The number of nitrogens with one attached hydrogen (secondary N) is 3. The first-order valence-corrected chi connectivity index (χ1v) is 17.9. The van der Waals surface area contributed by atoms with Gasteiger partial charge in [0, 0.05) is 21.0 Å². The van der Waals surface area contributed by atoms with Crippen LogP contribution in [0.5, 0.6) is 5.75 Å². The minimum absolute atomic E-state index is 0.0478. The van der Waals surface area contributed by atoms with Gasteiger partial charge in [0.2, 0.25) is 5.91 Å². The molecule has 0 saturated heterocycles. The Balaban J connectivity index is 1.11. The highest BCUT2D eigenvalue weighted by Crippen LogP contribution is 2.42. The number of nitriles is 1. The molecule has 10 heteroatoms. The Morgan fingerprint density at radius 3 is 2.46 bits per heavy atom. The number of methoxy groups -OCH3 is 1. The fraction of sp³-hybridized carbons (Fsp3) is 0.150. The summed E-state index contributed by atoms with van der Waals surface area (Å²) in [6.45, 7) is 0. The second kappa shape index (κ2) is 16.2. The van der Waals surface area contributed by atoms with Crippen molar-refractivity contribution in [1.29, 1.82) is 5.26 Å². The van der Waals surface area contributed by atoms with Gasteiger partial charge in [0.05, 0.1) is 18.4 Å². The van der Waals surface area contributed by atoms with Crippen molar-refractivity contribution in [2.24, 2.45) is 0 Å². The summed E-state index contributed by atoms with van der Waals surface area (Å²) in [7, 11) is 1.56. The molecule has 3 amide bonds. The Kier molecular flexibility index (Phi) is 11.1. The van der Waals surface area contributed by atoms with E-state index in [4.69, 9.17) is 4.74 Å². The van der Waals surface area contributed by atoms with Crippen molar-refractivity contribution in [2.75, 3.05) is 23.5 Å². The fourth-order valence-electron chi connectivity index (χ4n) is 5.82. The Bertz CT molecular complexity index is 2090. The first-order chi connectivity index (χ1) is 24.4. The Morgan fingerprint density at radius 1 is 0.940 bits per heavy atom. The van der Waals surface area contributed by atoms with Gasteiger partial charge in [-0.2, -0.15) is 5.26 Å². The average molecular weight is 699 g/mol. The molecule has 0 radical (unpaired) electrons. The van der Waals surface area contributed by atoms with E-state index in [1.54, 1.807) is 79.9 Å². The highest BCUT2D eigenvalue weighted by atomic mass is 32.2. The van der Waals surface area contributed by atoms with Gasteiger partial charge < -0.3 is 20.7 Å². The first-order valence-electron chi connectivity index (χ1n) is 16.1. The lowest BCUT2D eigenvalue weighted by molar-refractivity contribution is -0.114. The predicted molar refractivity (Wildman–Crippen MR) is 200 cm³/mol. The van der Waals surface area contributed by atoms with E-state index in [-0.39, 0.29) is 17.4 Å². The summed E-state index contributed by atoms with van der Waals surface area (Å²) < 4.78 is 5.32. The molecule has 1 aliphatic rings. The van der Waals surface area contributed by atoms with E-state index in [0.717, 1.165) is 34.6 Å². The SMILES string of the molecule is COc1cccc(/C=C(\NC(=O)c2ccccc2)C(=O)Nc2cccc(SCC(=O)Nc3sc4c(c3C#N)CCC(c3ccccc3)C4)c2)c1. The predicted octanol–water partition coefficient (Wildman–Crippen LogP) is 8.04. The normalized spacial score (nSPS) is 13.8. The van der Waals surface area contributed by atoms with E-state index in [9.17, 15) is 19.6 Å². The molecule has 250 valence electrons. The summed E-state index contributed by atoms with van der Waals surface area (Å²) in [5, 5.41) is 19.2. The number of benzene rings is 4. The van der Waals surface area contributed by atoms with Crippen LogP contribution in [0.3, 0.4) is 0 Å². The number of thioether (sulfide) groups is 1. The number of anilines is 2. The van der Waals surface area contributed by atoms with Gasteiger partial charge in [-0.1, -0.05) is 66.7 Å². The molecule has 1 unspecified atom stereocenters. The Morgan fingerprint density at radius 2 is 1.70 bits per heavy atom. The molecule has 1 heterocycles. The van der Waals surface area contributed by atoms with Crippen LogP contribution in [0.4, 0.5) is 10.7 Å². The molecule has 8 nitrogen and oxygen atoms in total. The number of ether oxygens (including phenoxy) is 1. The van der Waals surface area contributed by atoms with E-state index in [2.05, 4.69) is 46.3 Å². The number of hydrogen-bond donors (Lipinski definition) is 3. The molecule has 0 bridgehead atoms. The second-order valence-electron chi connectivity index (χ2n) is 11.6. The maximum absolute atomic E-state index is 13.5. The van der Waals surface area contributed by atoms with Crippen molar-refractivity contribution in [2.45, 2.75) is 30.1 Å². The van der Waals surface area contributed by atoms with Gasteiger partial charge in [0.1, 0.15) is 22.5 Å². The van der Waals surface area contributed by atoms with Crippen LogP contribution >= 0.6 is 23.1 Å². The number of thiophene rings is 1. The highest BCUT2D eigenvalue weighted by molar-refractivity contribution is 8.00. The Labute approximate surface area is 299 Å². The summed E-state index contributed by atoms with van der Waals surface area (Å²) in [4.78, 5) is 41.6. The number of carbonyl (C=O) groups excluding carboxylic acids is 3. The van der Waals surface area contributed by atoms with Crippen molar-refractivity contribution in [3.63, 3.8) is 0 Å². The zero-order chi connectivity index (χ0) is 34.9. The molecule has 0 spiro atoms. The molecule has 1 aliphatic carbocycles. The number of hydrogen-bond acceptors (Lipinski definition) is 7. The van der Waals surface area contributed by atoms with Gasteiger partial charge in [0.25, 0.3) is 11.8 Å². The number of rotatable bonds is 11. The fourth-order valence-corrected chi connectivity index (χ4v) is 7.87. The van der Waals surface area contributed by atoms with Crippen LogP contribution in [0.15, 0.2) is 120 Å².